The molecule has 0 fully saturated rings. The summed E-state index contributed by atoms with van der Waals surface area (Å²) in [7, 11) is 0. The molecule has 6 nitrogen and oxygen atoms in total. The Hall–Kier alpha value is -2.99. The molecule has 0 saturated heterocycles. The van der Waals surface area contributed by atoms with Crippen molar-refractivity contribution in [2.75, 3.05) is 0 Å². The number of nitrogens with one attached hydrogen (secondary N) is 1. The first-order valence-corrected chi connectivity index (χ1v) is 7.60. The molecule has 1 amide bonds. The fourth-order valence-corrected chi connectivity index (χ4v) is 2.31. The Morgan fingerprint density at radius 2 is 2.21 bits per heavy atom. The first-order valence-electron chi connectivity index (χ1n) is 7.23. The number of pyridine rings is 1. The Balaban J connectivity index is 1.65. The van der Waals surface area contributed by atoms with Gasteiger partial charge in [-0.15, -0.1) is 0 Å². The summed E-state index contributed by atoms with van der Waals surface area (Å²) in [6, 6.07) is 11.0. The van der Waals surface area contributed by atoms with Crippen molar-refractivity contribution in [1.82, 2.24) is 25.1 Å². The molecule has 120 valence electrons. The van der Waals surface area contributed by atoms with Crippen LogP contribution in [0.25, 0.3) is 11.9 Å². The maximum Gasteiger partial charge on any atom is 0.244 e. The Bertz CT molecular complexity index is 861. The van der Waals surface area contributed by atoms with Crippen molar-refractivity contribution in [2.45, 2.75) is 6.54 Å². The van der Waals surface area contributed by atoms with Crippen molar-refractivity contribution < 1.29 is 4.79 Å². The second kappa shape index (κ2) is 7.52. The van der Waals surface area contributed by atoms with Gasteiger partial charge in [0.2, 0.25) is 5.91 Å². The molecule has 24 heavy (non-hydrogen) atoms. The van der Waals surface area contributed by atoms with E-state index in [1.807, 2.05) is 24.3 Å². The molecule has 3 rings (SSSR count). The first-order chi connectivity index (χ1) is 11.7. The molecule has 0 radical (unpaired) electrons. The van der Waals surface area contributed by atoms with Gasteiger partial charge in [0.15, 0.2) is 5.82 Å². The summed E-state index contributed by atoms with van der Waals surface area (Å²) >= 11 is 5.91. The number of nitrogens with zero attached hydrogens (tertiary/aromatic N) is 4. The van der Waals surface area contributed by atoms with E-state index in [1.165, 1.54) is 12.4 Å². The molecular formula is C17H14ClN5O. The van der Waals surface area contributed by atoms with Gasteiger partial charge in [-0.1, -0.05) is 29.8 Å². The van der Waals surface area contributed by atoms with Crippen LogP contribution in [0.1, 0.15) is 11.1 Å². The number of carbonyl (C=O) groups is 1. The quantitative estimate of drug-likeness (QED) is 0.725. The number of aromatic nitrogens is 4. The Kier molecular flexibility index (Phi) is 4.98. The molecule has 0 bridgehead atoms. The lowest BCUT2D eigenvalue weighted by molar-refractivity contribution is -0.116. The molecule has 3 aromatic rings. The maximum atomic E-state index is 12.0. The van der Waals surface area contributed by atoms with E-state index in [4.69, 9.17) is 11.6 Å². The fraction of sp³-hybridized carbons (Fsp3) is 0.0588. The highest BCUT2D eigenvalue weighted by Gasteiger charge is 2.07. The van der Waals surface area contributed by atoms with Crippen LogP contribution < -0.4 is 5.32 Å². The van der Waals surface area contributed by atoms with Crippen LogP contribution in [0.4, 0.5) is 0 Å². The van der Waals surface area contributed by atoms with E-state index in [2.05, 4.69) is 20.4 Å². The number of halogens is 1. The smallest absolute Gasteiger partial charge is 0.244 e. The van der Waals surface area contributed by atoms with Gasteiger partial charge in [-0.05, 0) is 29.8 Å². The molecule has 0 aliphatic carbocycles. The number of hydrogen-bond acceptors (Lipinski definition) is 4. The van der Waals surface area contributed by atoms with Gasteiger partial charge in [-0.3, -0.25) is 4.79 Å². The topological polar surface area (TPSA) is 72.7 Å². The average molecular weight is 340 g/mol. The molecule has 0 atom stereocenters. The number of hydrogen-bond donors (Lipinski definition) is 1. The van der Waals surface area contributed by atoms with E-state index in [0.29, 0.717) is 17.4 Å². The average Bonchev–Trinajstić information content (AvgIpc) is 3.13. The highest BCUT2D eigenvalue weighted by Crippen LogP contribution is 2.12. The Morgan fingerprint density at radius 1 is 1.29 bits per heavy atom. The van der Waals surface area contributed by atoms with Crippen molar-refractivity contribution in [3.63, 3.8) is 0 Å². The maximum absolute atomic E-state index is 12.0. The van der Waals surface area contributed by atoms with Crippen LogP contribution in [0, 0.1) is 0 Å². The number of carbonyl (C=O) groups excluding carboxylic acids is 1. The zero-order valence-corrected chi connectivity index (χ0v) is 13.4. The predicted molar refractivity (Wildman–Crippen MR) is 91.5 cm³/mol. The lowest BCUT2D eigenvalue weighted by Gasteiger charge is -2.08. The van der Waals surface area contributed by atoms with Crippen LogP contribution in [0.2, 0.25) is 5.02 Å². The normalized spacial score (nSPS) is 10.9. The molecule has 7 heteroatoms. The minimum absolute atomic E-state index is 0.205. The van der Waals surface area contributed by atoms with Crippen molar-refractivity contribution in [2.24, 2.45) is 0 Å². The zero-order chi connectivity index (χ0) is 16.8. The van der Waals surface area contributed by atoms with Gasteiger partial charge in [-0.2, -0.15) is 5.10 Å². The number of rotatable bonds is 5. The molecule has 1 N–H and O–H groups in total. The van der Waals surface area contributed by atoms with Gasteiger partial charge >= 0.3 is 0 Å². The fourth-order valence-electron chi connectivity index (χ4n) is 2.12. The van der Waals surface area contributed by atoms with Crippen LogP contribution in [0.3, 0.4) is 0 Å². The van der Waals surface area contributed by atoms with Gasteiger partial charge in [0, 0.05) is 29.4 Å². The second-order valence-corrected chi connectivity index (χ2v) is 5.37. The van der Waals surface area contributed by atoms with Crippen LogP contribution in [-0.4, -0.2) is 25.7 Å². The zero-order valence-electron chi connectivity index (χ0n) is 12.6. The third-order valence-corrected chi connectivity index (χ3v) is 3.47. The van der Waals surface area contributed by atoms with Crippen molar-refractivity contribution in [3.05, 3.63) is 77.5 Å². The summed E-state index contributed by atoms with van der Waals surface area (Å²) in [5, 5.41) is 7.52. The van der Waals surface area contributed by atoms with Crippen LogP contribution in [-0.2, 0) is 11.3 Å². The lowest BCUT2D eigenvalue weighted by atomic mass is 10.2. The Labute approximate surface area is 143 Å². The third-order valence-electron chi connectivity index (χ3n) is 3.23. The summed E-state index contributed by atoms with van der Waals surface area (Å²) in [6.07, 6.45) is 7.85. The predicted octanol–water partition coefficient (Wildman–Crippen LogP) is 2.65. The Morgan fingerprint density at radius 3 is 3.00 bits per heavy atom. The highest BCUT2D eigenvalue weighted by atomic mass is 35.5. The summed E-state index contributed by atoms with van der Waals surface area (Å²) in [5.74, 6) is 0.428. The molecular weight excluding hydrogens is 326 g/mol. The lowest BCUT2D eigenvalue weighted by Crippen LogP contribution is -2.21. The van der Waals surface area contributed by atoms with Gasteiger partial charge in [0.05, 0.1) is 0 Å². The highest BCUT2D eigenvalue weighted by molar-refractivity contribution is 6.30. The summed E-state index contributed by atoms with van der Waals surface area (Å²) in [6.45, 7) is 0.335. The monoisotopic (exact) mass is 339 g/mol. The molecule has 0 spiro atoms. The van der Waals surface area contributed by atoms with E-state index >= 15 is 0 Å². The molecule has 2 aromatic heterocycles. The van der Waals surface area contributed by atoms with Crippen molar-refractivity contribution >= 4 is 23.6 Å². The second-order valence-electron chi connectivity index (χ2n) is 4.93. The minimum atomic E-state index is -0.205. The number of benzene rings is 1. The van der Waals surface area contributed by atoms with Crippen LogP contribution in [0.5, 0.6) is 0 Å². The third kappa shape index (κ3) is 4.05. The van der Waals surface area contributed by atoms with Crippen molar-refractivity contribution in [1.29, 1.82) is 0 Å². The first kappa shape index (κ1) is 15.9. The van der Waals surface area contributed by atoms with Gasteiger partial charge in [0.1, 0.15) is 12.7 Å². The molecule has 2 heterocycles. The van der Waals surface area contributed by atoms with Gasteiger partial charge in [-0.25, -0.2) is 14.6 Å². The van der Waals surface area contributed by atoms with E-state index in [-0.39, 0.29) is 5.91 Å². The number of amides is 1. The molecule has 0 aliphatic rings. The van der Waals surface area contributed by atoms with E-state index in [0.717, 1.165) is 11.1 Å². The molecule has 0 aliphatic heterocycles. The SMILES string of the molecule is O=C(/C=C\c1cccc(Cl)c1)NCc1cccnc1-n1cncn1. The van der Waals surface area contributed by atoms with Crippen molar-refractivity contribution in [3.8, 4) is 5.82 Å². The van der Waals surface area contributed by atoms with E-state index < -0.39 is 0 Å². The van der Waals surface area contributed by atoms with Gasteiger partial charge < -0.3 is 5.32 Å². The van der Waals surface area contributed by atoms with Crippen LogP contribution >= 0.6 is 11.6 Å². The minimum Gasteiger partial charge on any atom is -0.348 e. The standard InChI is InChI=1S/C17H14ClN5O/c18-15-5-1-3-13(9-15)6-7-16(24)21-10-14-4-2-8-20-17(14)23-12-19-11-22-23/h1-9,11-12H,10H2,(H,21,24)/b7-6-. The van der Waals surface area contributed by atoms with Crippen LogP contribution in [0.15, 0.2) is 61.3 Å². The molecule has 0 saturated carbocycles. The largest absolute Gasteiger partial charge is 0.348 e. The molecule has 1 aromatic carbocycles. The van der Waals surface area contributed by atoms with E-state index in [9.17, 15) is 4.79 Å². The summed E-state index contributed by atoms with van der Waals surface area (Å²) < 4.78 is 1.56. The van der Waals surface area contributed by atoms with E-state index in [1.54, 1.807) is 35.4 Å². The summed E-state index contributed by atoms with van der Waals surface area (Å²) in [4.78, 5) is 20.2. The van der Waals surface area contributed by atoms with Gasteiger partial charge in [0.25, 0.3) is 0 Å². The summed E-state index contributed by atoms with van der Waals surface area (Å²) in [5.41, 5.74) is 1.70. The molecule has 0 unspecified atom stereocenters.